The van der Waals surface area contributed by atoms with Gasteiger partial charge < -0.3 is 15.6 Å². The van der Waals surface area contributed by atoms with E-state index in [9.17, 15) is 9.90 Å². The lowest BCUT2D eigenvalue weighted by molar-refractivity contribution is -0.164. The van der Waals surface area contributed by atoms with Crippen molar-refractivity contribution in [3.8, 4) is 0 Å². The van der Waals surface area contributed by atoms with Crippen molar-refractivity contribution in [2.45, 2.75) is 69.8 Å². The van der Waals surface area contributed by atoms with E-state index in [1.165, 1.54) is 28.7 Å². The van der Waals surface area contributed by atoms with E-state index < -0.39 is 11.6 Å². The van der Waals surface area contributed by atoms with Crippen LogP contribution < -0.4 is 5.73 Å². The van der Waals surface area contributed by atoms with Gasteiger partial charge in [0.2, 0.25) is 0 Å². The number of hydrogen-bond donors (Lipinski definition) is 2. The van der Waals surface area contributed by atoms with E-state index >= 15 is 0 Å². The van der Waals surface area contributed by atoms with Gasteiger partial charge in [0, 0.05) is 11.3 Å². The molecule has 180 valence electrons. The monoisotopic (exact) mass is 496 g/mol. The summed E-state index contributed by atoms with van der Waals surface area (Å²) < 4.78 is 7.08. The zero-order valence-corrected chi connectivity index (χ0v) is 22.0. The molecule has 5 nitrogen and oxygen atoms in total. The third-order valence-corrected chi connectivity index (χ3v) is 8.48. The van der Waals surface area contributed by atoms with Gasteiger partial charge >= 0.3 is 5.97 Å². The summed E-state index contributed by atoms with van der Waals surface area (Å²) in [4.78, 5) is 18.9. The second-order valence-corrected chi connectivity index (χ2v) is 12.4. The highest BCUT2D eigenvalue weighted by molar-refractivity contribution is 8.04. The average Bonchev–Trinajstić information content (AvgIpc) is 3.13. The number of nitrogens with two attached hydrogens (primary N) is 1. The van der Waals surface area contributed by atoms with E-state index in [-0.39, 0.29) is 22.0 Å². The van der Waals surface area contributed by atoms with Crippen molar-refractivity contribution < 1.29 is 14.6 Å². The maximum atomic E-state index is 13.3. The van der Waals surface area contributed by atoms with Gasteiger partial charge in [-0.15, -0.1) is 0 Å². The lowest BCUT2D eigenvalue weighted by Gasteiger charge is -2.40. The van der Waals surface area contributed by atoms with Crippen LogP contribution in [0, 0.1) is 5.92 Å². The fourth-order valence-corrected chi connectivity index (χ4v) is 6.37. The van der Waals surface area contributed by atoms with Crippen LogP contribution in [0.2, 0.25) is 0 Å². The number of carbonyl (C=O) groups excluding carboxylic acids is 1. The van der Waals surface area contributed by atoms with Crippen LogP contribution in [0.1, 0.15) is 58.6 Å². The van der Waals surface area contributed by atoms with Crippen molar-refractivity contribution in [2.75, 3.05) is 5.73 Å². The first-order chi connectivity index (χ1) is 16.0. The van der Waals surface area contributed by atoms with E-state index in [2.05, 4.69) is 37.9 Å². The van der Waals surface area contributed by atoms with Crippen LogP contribution in [0.25, 0.3) is 10.2 Å². The Kier molecular flexibility index (Phi) is 6.71. The summed E-state index contributed by atoms with van der Waals surface area (Å²) in [6.07, 6.45) is 1.74. The Morgan fingerprint density at radius 2 is 1.94 bits per heavy atom. The van der Waals surface area contributed by atoms with Gasteiger partial charge in [0.1, 0.15) is 16.3 Å². The van der Waals surface area contributed by atoms with Crippen molar-refractivity contribution in [3.05, 3.63) is 64.3 Å². The summed E-state index contributed by atoms with van der Waals surface area (Å²) in [6, 6.07) is 14.2. The summed E-state index contributed by atoms with van der Waals surface area (Å²) in [5, 5.41) is 11.6. The minimum absolute atomic E-state index is 0.0653. The first-order valence-electron chi connectivity index (χ1n) is 11.6. The number of aliphatic hydroxyl groups is 1. The third kappa shape index (κ3) is 4.96. The van der Waals surface area contributed by atoms with Gasteiger partial charge in [-0.25, -0.2) is 9.78 Å². The molecule has 0 amide bonds. The minimum atomic E-state index is -0.732. The zero-order chi connectivity index (χ0) is 24.7. The molecule has 2 aromatic carbocycles. The normalized spacial score (nSPS) is 19.2. The Morgan fingerprint density at radius 1 is 1.24 bits per heavy atom. The molecule has 3 aromatic rings. The van der Waals surface area contributed by atoms with E-state index in [1.54, 1.807) is 0 Å². The lowest BCUT2D eigenvalue weighted by Crippen LogP contribution is -2.44. The molecule has 1 unspecified atom stereocenters. The Hall–Kier alpha value is -2.51. The number of fused-ring (bicyclic) bond motifs is 1. The fraction of sp³-hybridized carbons (Fsp3) is 0.407. The number of hydrogen-bond acceptors (Lipinski definition) is 7. The van der Waals surface area contributed by atoms with Crippen molar-refractivity contribution in [2.24, 2.45) is 5.92 Å². The predicted molar refractivity (Wildman–Crippen MR) is 141 cm³/mol. The van der Waals surface area contributed by atoms with Crippen LogP contribution in [0.15, 0.2) is 58.0 Å². The summed E-state index contributed by atoms with van der Waals surface area (Å²) >= 11 is 2.69. The van der Waals surface area contributed by atoms with Gasteiger partial charge in [0.25, 0.3) is 0 Å². The number of carbonyl (C=O) groups is 1. The highest BCUT2D eigenvalue weighted by Crippen LogP contribution is 2.46. The van der Waals surface area contributed by atoms with Crippen LogP contribution >= 0.6 is 23.1 Å². The van der Waals surface area contributed by atoms with E-state index in [0.717, 1.165) is 27.1 Å². The molecule has 4 rings (SSSR count). The van der Waals surface area contributed by atoms with Crippen LogP contribution in [-0.2, 0) is 21.4 Å². The number of esters is 1. The summed E-state index contributed by atoms with van der Waals surface area (Å²) in [6.45, 7) is 10.4. The molecule has 3 N–H and O–H groups in total. The quantitative estimate of drug-likeness (QED) is 0.357. The second kappa shape index (κ2) is 9.27. The van der Waals surface area contributed by atoms with Gasteiger partial charge in [-0.3, -0.25) is 0 Å². The number of rotatable bonds is 6. The number of aliphatic hydroxyl groups excluding tert-OH is 1. The summed E-state index contributed by atoms with van der Waals surface area (Å²) in [7, 11) is 0. The van der Waals surface area contributed by atoms with Crippen LogP contribution in [0.5, 0.6) is 0 Å². The Morgan fingerprint density at radius 3 is 2.56 bits per heavy atom. The molecule has 34 heavy (non-hydrogen) atoms. The first-order valence-corrected chi connectivity index (χ1v) is 13.2. The van der Waals surface area contributed by atoms with Gasteiger partial charge in [-0.05, 0) is 47.4 Å². The van der Waals surface area contributed by atoms with Crippen molar-refractivity contribution in [1.82, 2.24) is 4.98 Å². The number of aromatic nitrogens is 1. The maximum absolute atomic E-state index is 13.3. The largest absolute Gasteiger partial charge is 0.511 e. The fourth-order valence-electron chi connectivity index (χ4n) is 4.35. The number of nitrogens with zero attached hydrogens (tertiary/aromatic N) is 1. The lowest BCUT2D eigenvalue weighted by atomic mass is 9.80. The number of thiazole rings is 1. The molecule has 0 saturated carbocycles. The Labute approximate surface area is 209 Å². The Balaban J connectivity index is 1.66. The van der Waals surface area contributed by atoms with Crippen LogP contribution in [0.3, 0.4) is 0 Å². The van der Waals surface area contributed by atoms with E-state index in [0.29, 0.717) is 18.0 Å². The maximum Gasteiger partial charge on any atom is 0.349 e. The highest BCUT2D eigenvalue weighted by atomic mass is 32.2. The summed E-state index contributed by atoms with van der Waals surface area (Å²) in [5.41, 5.74) is 8.11. The van der Waals surface area contributed by atoms with Crippen molar-refractivity contribution in [1.29, 1.82) is 0 Å². The smallest absolute Gasteiger partial charge is 0.349 e. The minimum Gasteiger partial charge on any atom is -0.511 e. The molecule has 1 atom stereocenters. The zero-order valence-electron chi connectivity index (χ0n) is 20.3. The number of cyclic esters (lactones) is 1. The standard InChI is InChI=1S/C27H32N2O3S2/c1-16(2)27(12-11-17-9-7-6-8-10-17)15-20(30)23(24(31)32-27)33-21-14-22-19(29-25(28)34-22)13-18(21)26(3,4)5/h6-10,13-14,16,30H,11-12,15H2,1-5H3,(H2,28,29). The van der Waals surface area contributed by atoms with Crippen LogP contribution in [-0.4, -0.2) is 21.7 Å². The van der Waals surface area contributed by atoms with Gasteiger partial charge in [-0.1, -0.05) is 88.0 Å². The molecular formula is C27H32N2O3S2. The molecule has 0 radical (unpaired) electrons. The second-order valence-electron chi connectivity index (χ2n) is 10.3. The molecule has 1 aromatic heterocycles. The number of benzene rings is 2. The number of thioether (sulfide) groups is 1. The number of nitrogen functional groups attached to an aromatic ring is 1. The number of ether oxygens (including phenoxy) is 1. The van der Waals surface area contributed by atoms with Gasteiger partial charge in [0.15, 0.2) is 5.13 Å². The third-order valence-electron chi connectivity index (χ3n) is 6.47. The van der Waals surface area contributed by atoms with Crippen molar-refractivity contribution in [3.63, 3.8) is 0 Å². The van der Waals surface area contributed by atoms with E-state index in [4.69, 9.17) is 10.5 Å². The average molecular weight is 497 g/mol. The molecule has 2 heterocycles. The molecule has 1 aliphatic rings. The summed E-state index contributed by atoms with van der Waals surface area (Å²) in [5.74, 6) is -0.290. The molecule has 1 aliphatic heterocycles. The first kappa shape index (κ1) is 24.6. The molecule has 0 saturated heterocycles. The SMILES string of the molecule is CC(C)C1(CCc2ccccc2)CC(O)=C(Sc2cc3sc(N)nc3cc2C(C)(C)C)C(=O)O1. The molecule has 0 spiro atoms. The number of aryl methyl sites for hydroxylation is 1. The van der Waals surface area contributed by atoms with Crippen LogP contribution in [0.4, 0.5) is 5.13 Å². The van der Waals surface area contributed by atoms with Crippen molar-refractivity contribution >= 4 is 44.4 Å². The molecule has 0 fully saturated rings. The van der Waals surface area contributed by atoms with Gasteiger partial charge in [0.05, 0.1) is 10.2 Å². The van der Waals surface area contributed by atoms with E-state index in [1.807, 2.05) is 44.2 Å². The predicted octanol–water partition coefficient (Wildman–Crippen LogP) is 7.01. The topological polar surface area (TPSA) is 85.4 Å². The number of anilines is 1. The molecular weight excluding hydrogens is 464 g/mol. The highest BCUT2D eigenvalue weighted by Gasteiger charge is 2.44. The molecule has 0 aliphatic carbocycles. The molecule has 0 bridgehead atoms. The Bertz CT molecular complexity index is 1240. The molecule has 7 heteroatoms. The van der Waals surface area contributed by atoms with Gasteiger partial charge in [-0.2, -0.15) is 0 Å².